The van der Waals surface area contributed by atoms with Crippen LogP contribution in [0.15, 0.2) is 54.6 Å². The molecule has 5 rings (SSSR count). The Bertz CT molecular complexity index is 1320. The second kappa shape index (κ2) is 12.3. The number of hydrogen-bond donors (Lipinski definition) is 3. The number of anilines is 2. The maximum Gasteiger partial charge on any atom is 0.250 e. The quantitative estimate of drug-likeness (QED) is 0.345. The van der Waals surface area contributed by atoms with Crippen LogP contribution < -0.4 is 15.5 Å². The van der Waals surface area contributed by atoms with E-state index in [2.05, 4.69) is 29.4 Å². The Hall–Kier alpha value is -3.43. The Morgan fingerprint density at radius 3 is 2.33 bits per heavy atom. The van der Waals surface area contributed by atoms with Crippen LogP contribution in [0.4, 0.5) is 11.4 Å². The summed E-state index contributed by atoms with van der Waals surface area (Å²) in [6.45, 7) is 11.9. The van der Waals surface area contributed by atoms with Crippen molar-refractivity contribution >= 4 is 29.1 Å². The van der Waals surface area contributed by atoms with Crippen molar-refractivity contribution < 1.29 is 24.2 Å². The number of nitrogens with one attached hydrogen (secondary N) is 2. The molecule has 232 valence electrons. The van der Waals surface area contributed by atoms with Crippen molar-refractivity contribution in [2.24, 2.45) is 17.8 Å². The maximum absolute atomic E-state index is 14.4. The first-order valence-electron chi connectivity index (χ1n) is 15.7. The number of carbonyl (C=O) groups excluding carboxylic acids is 3. The molecular formula is C34H46N4O5. The van der Waals surface area contributed by atoms with Crippen molar-refractivity contribution in [3.05, 3.63) is 60.2 Å². The van der Waals surface area contributed by atoms with Gasteiger partial charge in [-0.1, -0.05) is 50.6 Å². The molecule has 3 amide bonds. The van der Waals surface area contributed by atoms with Crippen LogP contribution in [0.3, 0.4) is 0 Å². The first-order chi connectivity index (χ1) is 20.6. The lowest BCUT2D eigenvalue weighted by molar-refractivity contribution is -0.149. The summed E-state index contributed by atoms with van der Waals surface area (Å²) in [5.41, 5.74) is 0.606. The third kappa shape index (κ3) is 5.31. The fraction of sp³-hybridized carbons (Fsp3) is 0.559. The van der Waals surface area contributed by atoms with Crippen molar-refractivity contribution in [1.29, 1.82) is 0 Å². The van der Waals surface area contributed by atoms with Gasteiger partial charge in [-0.15, -0.1) is 0 Å². The monoisotopic (exact) mass is 590 g/mol. The molecule has 3 saturated heterocycles. The number of nitrogens with zero attached hydrogens (tertiary/aromatic N) is 2. The van der Waals surface area contributed by atoms with Gasteiger partial charge in [0.1, 0.15) is 11.6 Å². The van der Waals surface area contributed by atoms with Gasteiger partial charge in [0.25, 0.3) is 0 Å². The van der Waals surface area contributed by atoms with E-state index in [1.807, 2.05) is 75.4 Å². The molecule has 0 saturated carbocycles. The normalized spacial score (nSPS) is 28.8. The summed E-state index contributed by atoms with van der Waals surface area (Å²) in [4.78, 5) is 46.3. The van der Waals surface area contributed by atoms with Crippen molar-refractivity contribution in [2.45, 2.75) is 83.7 Å². The van der Waals surface area contributed by atoms with E-state index >= 15 is 0 Å². The molecule has 7 atom stereocenters. The second-order valence-corrected chi connectivity index (χ2v) is 12.5. The second-order valence-electron chi connectivity index (χ2n) is 12.5. The SMILES string of the molecule is CC[C@H](C)[C@H](CO)N1C(=O)[C@@H]2[C@H](C(=O)NCc3ccccc3)[C@]3(C)CCC2(O3)C1C(=O)Nc1ccc(N(CC)CC)cc1. The number of fused-ring (bicyclic) bond motifs is 1. The molecule has 3 aliphatic heterocycles. The van der Waals surface area contributed by atoms with Gasteiger partial charge in [0, 0.05) is 31.0 Å². The highest BCUT2D eigenvalue weighted by atomic mass is 16.5. The summed E-state index contributed by atoms with van der Waals surface area (Å²) in [6.07, 6.45) is 1.76. The van der Waals surface area contributed by atoms with Crippen molar-refractivity contribution in [3.8, 4) is 0 Å². The van der Waals surface area contributed by atoms with Gasteiger partial charge in [0.05, 0.1) is 30.1 Å². The number of benzene rings is 2. The van der Waals surface area contributed by atoms with Crippen molar-refractivity contribution in [1.82, 2.24) is 10.2 Å². The van der Waals surface area contributed by atoms with Gasteiger partial charge in [-0.3, -0.25) is 14.4 Å². The molecule has 0 aromatic heterocycles. The molecular weight excluding hydrogens is 544 g/mol. The molecule has 2 aromatic carbocycles. The fourth-order valence-corrected chi connectivity index (χ4v) is 7.69. The van der Waals surface area contributed by atoms with Crippen LogP contribution in [-0.2, 0) is 25.7 Å². The van der Waals surface area contributed by atoms with Gasteiger partial charge in [-0.05, 0) is 69.4 Å². The number of hydrogen-bond acceptors (Lipinski definition) is 6. The Morgan fingerprint density at radius 2 is 1.72 bits per heavy atom. The molecule has 2 bridgehead atoms. The zero-order valence-corrected chi connectivity index (χ0v) is 26.0. The molecule has 2 aromatic rings. The van der Waals surface area contributed by atoms with Crippen LogP contribution in [-0.4, -0.2) is 70.7 Å². The van der Waals surface area contributed by atoms with Crippen LogP contribution in [0.5, 0.6) is 0 Å². The minimum atomic E-state index is -1.16. The predicted octanol–water partition coefficient (Wildman–Crippen LogP) is 3.96. The minimum absolute atomic E-state index is 0.0639. The van der Waals surface area contributed by atoms with E-state index < -0.39 is 35.1 Å². The van der Waals surface area contributed by atoms with E-state index in [1.54, 1.807) is 4.90 Å². The number of amides is 3. The van der Waals surface area contributed by atoms with Crippen molar-refractivity contribution in [2.75, 3.05) is 29.9 Å². The average molecular weight is 591 g/mol. The standard InChI is InChI=1S/C34H46N4O5/c1-6-22(4)26(21-39)38-29(31(41)36-24-14-16-25(17-15-24)37(7-2)8-3)34-19-18-33(5,43-34)27(28(34)32(38)42)30(40)35-20-23-12-10-9-11-13-23/h9-17,22,26-29,39H,6-8,18-21H2,1-5H3,(H,35,40)(H,36,41)/t22-,26-,27+,28-,29?,33-,34?/m0/s1. The molecule has 3 N–H and O–H groups in total. The summed E-state index contributed by atoms with van der Waals surface area (Å²) < 4.78 is 6.74. The van der Waals surface area contributed by atoms with Crippen molar-refractivity contribution in [3.63, 3.8) is 0 Å². The summed E-state index contributed by atoms with van der Waals surface area (Å²) in [5, 5.41) is 16.6. The molecule has 0 radical (unpaired) electrons. The van der Waals surface area contributed by atoms with Gasteiger partial charge in [0.15, 0.2) is 0 Å². The molecule has 1 spiro atoms. The van der Waals surface area contributed by atoms with Crippen LogP contribution in [0.1, 0.15) is 59.4 Å². The largest absolute Gasteiger partial charge is 0.394 e. The summed E-state index contributed by atoms with van der Waals surface area (Å²) in [7, 11) is 0. The minimum Gasteiger partial charge on any atom is -0.394 e. The van der Waals surface area contributed by atoms with Gasteiger partial charge in [0.2, 0.25) is 17.7 Å². The molecule has 2 unspecified atom stereocenters. The third-order valence-corrected chi connectivity index (χ3v) is 10.2. The molecule has 0 aliphatic carbocycles. The molecule has 3 fully saturated rings. The lowest BCUT2D eigenvalue weighted by Crippen LogP contribution is -2.57. The Kier molecular flexibility index (Phi) is 8.86. The van der Waals surface area contributed by atoms with E-state index in [4.69, 9.17) is 4.74 Å². The number of rotatable bonds is 12. The Balaban J connectivity index is 1.47. The molecule has 43 heavy (non-hydrogen) atoms. The van der Waals surface area contributed by atoms with Crippen LogP contribution >= 0.6 is 0 Å². The number of carbonyl (C=O) groups is 3. The molecule has 3 aliphatic rings. The fourth-order valence-electron chi connectivity index (χ4n) is 7.69. The Morgan fingerprint density at radius 1 is 1.05 bits per heavy atom. The topological polar surface area (TPSA) is 111 Å². The highest BCUT2D eigenvalue weighted by molar-refractivity contribution is 6.04. The summed E-state index contributed by atoms with van der Waals surface area (Å²) in [5.74, 6) is -2.53. The zero-order valence-electron chi connectivity index (χ0n) is 26.0. The van der Waals surface area contributed by atoms with E-state index in [1.165, 1.54) is 0 Å². The predicted molar refractivity (Wildman–Crippen MR) is 166 cm³/mol. The average Bonchev–Trinajstić information content (AvgIpc) is 3.59. The smallest absolute Gasteiger partial charge is 0.250 e. The van der Waals surface area contributed by atoms with Gasteiger partial charge in [-0.25, -0.2) is 0 Å². The van der Waals surface area contributed by atoms with Crippen LogP contribution in [0.25, 0.3) is 0 Å². The first-order valence-corrected chi connectivity index (χ1v) is 15.7. The highest BCUT2D eigenvalue weighted by Crippen LogP contribution is 2.63. The highest BCUT2D eigenvalue weighted by Gasteiger charge is 2.78. The number of likely N-dealkylation sites (tertiary alicyclic amines) is 1. The maximum atomic E-state index is 14.4. The number of aliphatic hydroxyl groups is 1. The van der Waals surface area contributed by atoms with Gasteiger partial charge >= 0.3 is 0 Å². The lowest BCUT2D eigenvalue weighted by Gasteiger charge is -2.39. The van der Waals surface area contributed by atoms with Crippen LogP contribution in [0, 0.1) is 17.8 Å². The van der Waals surface area contributed by atoms with Gasteiger partial charge in [-0.2, -0.15) is 0 Å². The first kappa shape index (κ1) is 31.0. The van der Waals surface area contributed by atoms with Crippen LogP contribution in [0.2, 0.25) is 0 Å². The number of aliphatic hydroxyl groups excluding tert-OH is 1. The molecule has 9 nitrogen and oxygen atoms in total. The zero-order chi connectivity index (χ0) is 30.9. The van der Waals surface area contributed by atoms with Gasteiger partial charge < -0.3 is 30.3 Å². The molecule has 9 heteroatoms. The van der Waals surface area contributed by atoms with E-state index in [-0.39, 0.29) is 30.2 Å². The summed E-state index contributed by atoms with van der Waals surface area (Å²) >= 11 is 0. The van der Waals surface area contributed by atoms with E-state index in [0.717, 1.165) is 24.3 Å². The number of ether oxygens (including phenoxy) is 1. The third-order valence-electron chi connectivity index (χ3n) is 10.2. The molecule has 3 heterocycles. The lowest BCUT2D eigenvalue weighted by atomic mass is 9.66. The summed E-state index contributed by atoms with van der Waals surface area (Å²) in [6, 6.07) is 15.8. The Labute approximate surface area is 255 Å². The van der Waals surface area contributed by atoms with E-state index in [0.29, 0.717) is 31.5 Å². The van der Waals surface area contributed by atoms with E-state index in [9.17, 15) is 19.5 Å².